The Labute approximate surface area is 81.5 Å². The van der Waals surface area contributed by atoms with Crippen LogP contribution in [0.25, 0.3) is 11.0 Å². The fraction of sp³-hybridized carbons (Fsp3) is 0.111. The second-order valence-corrected chi connectivity index (χ2v) is 2.93. The number of aromatic nitrogens is 2. The summed E-state index contributed by atoms with van der Waals surface area (Å²) in [5.74, 6) is 0.916. The van der Waals surface area contributed by atoms with E-state index in [-0.39, 0.29) is 0 Å². The molecule has 0 bridgehead atoms. The van der Waals surface area contributed by atoms with E-state index in [1.54, 1.807) is 6.21 Å². The van der Waals surface area contributed by atoms with Crippen LogP contribution in [-0.4, -0.2) is 16.2 Å². The number of imidazole rings is 1. The van der Waals surface area contributed by atoms with Crippen molar-refractivity contribution in [3.8, 4) is 0 Å². The van der Waals surface area contributed by atoms with Crippen molar-refractivity contribution in [1.29, 1.82) is 0 Å². The molecule has 0 saturated carbocycles. The third kappa shape index (κ3) is 1.72. The molecule has 3 nitrogen and oxygen atoms in total. The summed E-state index contributed by atoms with van der Waals surface area (Å²) in [7, 11) is 0. The lowest BCUT2D eigenvalue weighted by molar-refractivity contribution is 1.12. The highest BCUT2D eigenvalue weighted by atomic mass is 32.1. The average molecular weight is 191 g/mol. The molecule has 1 heterocycles. The lowest BCUT2D eigenvalue weighted by Crippen LogP contribution is -1.86. The van der Waals surface area contributed by atoms with Gasteiger partial charge in [0, 0.05) is 12.6 Å². The average Bonchev–Trinajstić information content (AvgIpc) is 2.57. The van der Waals surface area contributed by atoms with Crippen LogP contribution < -0.4 is 0 Å². The molecule has 1 N–H and O–H groups in total. The van der Waals surface area contributed by atoms with Gasteiger partial charge in [-0.2, -0.15) is 0 Å². The van der Waals surface area contributed by atoms with Gasteiger partial charge in [0.1, 0.15) is 5.82 Å². The number of hydrogen-bond donors (Lipinski definition) is 2. The van der Waals surface area contributed by atoms with Gasteiger partial charge in [0.15, 0.2) is 0 Å². The summed E-state index contributed by atoms with van der Waals surface area (Å²) < 4.78 is 3.61. The van der Waals surface area contributed by atoms with E-state index < -0.39 is 0 Å². The third-order valence-corrected chi connectivity index (χ3v) is 1.97. The van der Waals surface area contributed by atoms with E-state index in [0.717, 1.165) is 16.9 Å². The summed E-state index contributed by atoms with van der Waals surface area (Å²) >= 11 is 3.74. The first-order chi connectivity index (χ1) is 6.40. The second-order valence-electron chi connectivity index (χ2n) is 2.70. The van der Waals surface area contributed by atoms with Crippen LogP contribution >= 0.6 is 12.8 Å². The molecular weight excluding hydrogens is 182 g/mol. The van der Waals surface area contributed by atoms with Gasteiger partial charge in [-0.25, -0.2) is 9.38 Å². The first-order valence-corrected chi connectivity index (χ1v) is 4.39. The van der Waals surface area contributed by atoms with Crippen molar-refractivity contribution >= 4 is 30.1 Å². The lowest BCUT2D eigenvalue weighted by Gasteiger charge is -1.83. The predicted octanol–water partition coefficient (Wildman–Crippen LogP) is 2.02. The van der Waals surface area contributed by atoms with E-state index in [4.69, 9.17) is 0 Å². The molecule has 0 spiro atoms. The van der Waals surface area contributed by atoms with E-state index in [1.807, 2.05) is 24.3 Å². The van der Waals surface area contributed by atoms with Crippen LogP contribution in [0.4, 0.5) is 0 Å². The normalized spacial score (nSPS) is 11.5. The Bertz CT molecular complexity index is 400. The van der Waals surface area contributed by atoms with Crippen molar-refractivity contribution in [3.05, 3.63) is 30.1 Å². The standard InChI is InChI=1S/C9H9N3S/c13-10-6-5-9-11-7-3-1-2-4-8(7)12-9/h1-4,6,13H,5H2,(H,11,12). The fourth-order valence-corrected chi connectivity index (χ4v) is 1.31. The van der Waals surface area contributed by atoms with Gasteiger partial charge in [-0.3, -0.25) is 0 Å². The number of fused-ring (bicyclic) bond motifs is 1. The number of aromatic amines is 1. The Morgan fingerprint density at radius 2 is 2.31 bits per heavy atom. The fourth-order valence-electron chi connectivity index (χ4n) is 1.23. The van der Waals surface area contributed by atoms with E-state index in [1.165, 1.54) is 0 Å². The molecule has 0 aliphatic carbocycles. The molecule has 2 rings (SSSR count). The van der Waals surface area contributed by atoms with Gasteiger partial charge in [-0.05, 0) is 24.9 Å². The molecule has 0 amide bonds. The summed E-state index contributed by atoms with van der Waals surface area (Å²) in [5, 5.41) is 0. The van der Waals surface area contributed by atoms with Gasteiger partial charge < -0.3 is 4.98 Å². The number of rotatable bonds is 2. The minimum atomic E-state index is 0.693. The maximum atomic E-state index is 4.37. The molecule has 0 saturated heterocycles. The molecule has 4 heteroatoms. The molecule has 0 radical (unpaired) electrons. The van der Waals surface area contributed by atoms with E-state index in [2.05, 4.69) is 27.2 Å². The number of benzene rings is 1. The first-order valence-electron chi connectivity index (χ1n) is 3.99. The van der Waals surface area contributed by atoms with Crippen LogP contribution in [0, 0.1) is 0 Å². The Morgan fingerprint density at radius 3 is 3.08 bits per heavy atom. The van der Waals surface area contributed by atoms with Crippen molar-refractivity contribution < 1.29 is 0 Å². The molecule has 2 aromatic rings. The molecule has 66 valence electrons. The molecule has 1 aromatic heterocycles. The third-order valence-electron chi connectivity index (χ3n) is 1.80. The Balaban J connectivity index is 2.38. The second kappa shape index (κ2) is 3.62. The number of hydrogen-bond acceptors (Lipinski definition) is 3. The van der Waals surface area contributed by atoms with Gasteiger partial charge in [-0.1, -0.05) is 12.1 Å². The van der Waals surface area contributed by atoms with E-state index in [0.29, 0.717) is 6.42 Å². The van der Waals surface area contributed by atoms with Crippen LogP contribution in [0.2, 0.25) is 0 Å². The predicted molar refractivity (Wildman–Crippen MR) is 57.3 cm³/mol. The van der Waals surface area contributed by atoms with Crippen LogP contribution in [0.5, 0.6) is 0 Å². The van der Waals surface area contributed by atoms with Gasteiger partial charge in [-0.15, -0.1) is 0 Å². The molecule has 1 aromatic carbocycles. The number of H-pyrrole nitrogens is 1. The number of thiol groups is 1. The molecule has 0 fully saturated rings. The number of nitrogens with one attached hydrogen (secondary N) is 1. The first kappa shape index (κ1) is 8.31. The zero-order valence-electron chi connectivity index (χ0n) is 6.94. The van der Waals surface area contributed by atoms with E-state index in [9.17, 15) is 0 Å². The molecule has 0 unspecified atom stereocenters. The number of nitrogens with zero attached hydrogens (tertiary/aromatic N) is 2. The molecule has 0 atom stereocenters. The van der Waals surface area contributed by atoms with E-state index >= 15 is 0 Å². The highest BCUT2D eigenvalue weighted by molar-refractivity contribution is 7.78. The monoisotopic (exact) mass is 191 g/mol. The van der Waals surface area contributed by atoms with Crippen molar-refractivity contribution in [2.45, 2.75) is 6.42 Å². The Morgan fingerprint density at radius 1 is 1.46 bits per heavy atom. The van der Waals surface area contributed by atoms with Crippen molar-refractivity contribution in [3.63, 3.8) is 0 Å². The highest BCUT2D eigenvalue weighted by Gasteiger charge is 1.98. The largest absolute Gasteiger partial charge is 0.342 e. The summed E-state index contributed by atoms with van der Waals surface area (Å²) in [6.45, 7) is 0. The minimum Gasteiger partial charge on any atom is -0.342 e. The summed E-state index contributed by atoms with van der Waals surface area (Å²) in [4.78, 5) is 7.56. The minimum absolute atomic E-state index is 0.693. The van der Waals surface area contributed by atoms with Crippen LogP contribution in [0.3, 0.4) is 0 Å². The molecular formula is C9H9N3S. The quantitative estimate of drug-likeness (QED) is 0.553. The van der Waals surface area contributed by atoms with Gasteiger partial charge in [0.25, 0.3) is 0 Å². The van der Waals surface area contributed by atoms with Crippen LogP contribution in [0.15, 0.2) is 28.7 Å². The van der Waals surface area contributed by atoms with Crippen molar-refractivity contribution in [1.82, 2.24) is 9.97 Å². The van der Waals surface area contributed by atoms with Crippen LogP contribution in [0.1, 0.15) is 5.82 Å². The summed E-state index contributed by atoms with van der Waals surface area (Å²) in [6.07, 6.45) is 2.40. The van der Waals surface area contributed by atoms with Crippen molar-refractivity contribution in [2.24, 2.45) is 4.40 Å². The van der Waals surface area contributed by atoms with Gasteiger partial charge >= 0.3 is 0 Å². The van der Waals surface area contributed by atoms with Crippen LogP contribution in [-0.2, 0) is 6.42 Å². The maximum Gasteiger partial charge on any atom is 0.112 e. The maximum absolute atomic E-state index is 4.37. The summed E-state index contributed by atoms with van der Waals surface area (Å²) in [6, 6.07) is 7.94. The Kier molecular flexibility index (Phi) is 2.31. The van der Waals surface area contributed by atoms with Gasteiger partial charge in [0.2, 0.25) is 0 Å². The Hall–Kier alpha value is -1.29. The van der Waals surface area contributed by atoms with Gasteiger partial charge in [0.05, 0.1) is 11.0 Å². The van der Waals surface area contributed by atoms with Crippen molar-refractivity contribution in [2.75, 3.05) is 0 Å². The topological polar surface area (TPSA) is 41.0 Å². The molecule has 13 heavy (non-hydrogen) atoms. The summed E-state index contributed by atoms with van der Waals surface area (Å²) in [5.41, 5.74) is 2.05. The molecule has 0 aliphatic rings. The molecule has 0 aliphatic heterocycles. The highest BCUT2D eigenvalue weighted by Crippen LogP contribution is 2.09. The number of para-hydroxylation sites is 2. The zero-order chi connectivity index (χ0) is 9.10. The smallest absolute Gasteiger partial charge is 0.112 e. The SMILES string of the molecule is SN=CCc1nc2ccccc2[nH]1. The lowest BCUT2D eigenvalue weighted by atomic mass is 10.3. The zero-order valence-corrected chi connectivity index (χ0v) is 7.83.